The summed E-state index contributed by atoms with van der Waals surface area (Å²) in [4.78, 5) is 31.4. The number of amides is 1. The van der Waals surface area contributed by atoms with Gasteiger partial charge in [-0.1, -0.05) is 0 Å². The molecule has 1 amide bonds. The molecule has 0 saturated carbocycles. The van der Waals surface area contributed by atoms with Gasteiger partial charge in [0, 0.05) is 6.07 Å². The van der Waals surface area contributed by atoms with Gasteiger partial charge in [-0.3, -0.25) is 19.7 Å². The minimum absolute atomic E-state index is 0.105. The van der Waals surface area contributed by atoms with Crippen molar-refractivity contribution in [1.29, 1.82) is 5.26 Å². The molecule has 7 nitrogen and oxygen atoms in total. The van der Waals surface area contributed by atoms with Gasteiger partial charge in [-0.05, 0) is 6.07 Å². The van der Waals surface area contributed by atoms with Crippen molar-refractivity contribution >= 4 is 17.9 Å². The molecule has 2 N–H and O–H groups in total. The Labute approximate surface area is 89.2 Å². The minimum Gasteiger partial charge on any atom is -0.366 e. The summed E-state index contributed by atoms with van der Waals surface area (Å²) in [6.45, 7) is 0. The molecule has 0 heterocycles. The minimum atomic E-state index is -0.998. The highest BCUT2D eigenvalue weighted by molar-refractivity contribution is 6.03. The highest BCUT2D eigenvalue weighted by Gasteiger charge is 2.21. The van der Waals surface area contributed by atoms with E-state index in [0.717, 1.165) is 12.1 Å². The van der Waals surface area contributed by atoms with E-state index >= 15 is 0 Å². The lowest BCUT2D eigenvalue weighted by molar-refractivity contribution is -0.385. The van der Waals surface area contributed by atoms with E-state index in [-0.39, 0.29) is 17.4 Å². The zero-order chi connectivity index (χ0) is 12.3. The first-order valence-corrected chi connectivity index (χ1v) is 3.98. The van der Waals surface area contributed by atoms with Crippen molar-refractivity contribution in [1.82, 2.24) is 0 Å². The Kier molecular flexibility index (Phi) is 2.96. The predicted octanol–water partition coefficient (Wildman–Crippen LogP) is 0.378. The van der Waals surface area contributed by atoms with Crippen LogP contribution in [0, 0.1) is 21.4 Å². The Morgan fingerprint density at radius 2 is 2.19 bits per heavy atom. The van der Waals surface area contributed by atoms with Gasteiger partial charge in [-0.15, -0.1) is 0 Å². The number of nitrogens with zero attached hydrogens (tertiary/aromatic N) is 2. The van der Waals surface area contributed by atoms with Gasteiger partial charge in [-0.25, -0.2) is 0 Å². The molecule has 0 radical (unpaired) electrons. The molecule has 1 aromatic rings. The molecular formula is C9H5N3O4. The lowest BCUT2D eigenvalue weighted by atomic mass is 10.0. The molecule has 1 rings (SSSR count). The molecule has 0 fully saturated rings. The van der Waals surface area contributed by atoms with Crippen LogP contribution in [0.4, 0.5) is 5.69 Å². The number of hydrogen-bond acceptors (Lipinski definition) is 5. The van der Waals surface area contributed by atoms with Crippen molar-refractivity contribution in [3.8, 4) is 6.07 Å². The average molecular weight is 219 g/mol. The van der Waals surface area contributed by atoms with Gasteiger partial charge in [0.05, 0.1) is 22.1 Å². The Hall–Kier alpha value is -2.75. The molecule has 0 aliphatic rings. The first-order valence-electron chi connectivity index (χ1n) is 3.98. The van der Waals surface area contributed by atoms with Crippen molar-refractivity contribution < 1.29 is 14.5 Å². The number of benzene rings is 1. The standard InChI is InChI=1S/C9H5N3O4/c10-3-5-1-6(9(11)14)7(4-13)8(2-5)12(15)16/h1-2,4H,(H2,11,14). The van der Waals surface area contributed by atoms with E-state index in [1.54, 1.807) is 6.07 Å². The largest absolute Gasteiger partial charge is 0.366 e. The number of nitro benzene ring substituents is 1. The van der Waals surface area contributed by atoms with Crippen LogP contribution in [0.2, 0.25) is 0 Å². The molecule has 0 atom stereocenters. The van der Waals surface area contributed by atoms with Gasteiger partial charge in [0.15, 0.2) is 6.29 Å². The SMILES string of the molecule is N#Cc1cc(C(N)=O)c(C=O)c([N+](=O)[O-])c1. The van der Waals surface area contributed by atoms with Gasteiger partial charge in [0.1, 0.15) is 5.56 Å². The van der Waals surface area contributed by atoms with Gasteiger partial charge in [0.2, 0.25) is 5.91 Å². The van der Waals surface area contributed by atoms with Gasteiger partial charge in [0.25, 0.3) is 5.69 Å². The highest BCUT2D eigenvalue weighted by atomic mass is 16.6. The number of nitrogens with two attached hydrogens (primary N) is 1. The average Bonchev–Trinajstić information content (AvgIpc) is 2.26. The van der Waals surface area contributed by atoms with E-state index in [4.69, 9.17) is 11.0 Å². The fourth-order valence-corrected chi connectivity index (χ4v) is 1.18. The van der Waals surface area contributed by atoms with Crippen LogP contribution in [0.1, 0.15) is 26.3 Å². The smallest absolute Gasteiger partial charge is 0.282 e. The first kappa shape index (κ1) is 11.3. The number of aldehydes is 1. The zero-order valence-electron chi connectivity index (χ0n) is 7.84. The Bertz CT molecular complexity index is 495. The van der Waals surface area contributed by atoms with Crippen LogP contribution in [0.15, 0.2) is 12.1 Å². The van der Waals surface area contributed by atoms with E-state index in [1.165, 1.54) is 0 Å². The lowest BCUT2D eigenvalue weighted by Crippen LogP contribution is -2.15. The molecule has 16 heavy (non-hydrogen) atoms. The second-order valence-corrected chi connectivity index (χ2v) is 2.81. The molecule has 0 aliphatic carbocycles. The van der Waals surface area contributed by atoms with E-state index < -0.39 is 22.1 Å². The summed E-state index contributed by atoms with van der Waals surface area (Å²) in [6, 6.07) is 3.59. The third kappa shape index (κ3) is 1.85. The number of hydrogen-bond donors (Lipinski definition) is 1. The van der Waals surface area contributed by atoms with Gasteiger partial charge in [-0.2, -0.15) is 5.26 Å². The number of carbonyl (C=O) groups excluding carboxylic acids is 2. The number of primary amides is 1. The summed E-state index contributed by atoms with van der Waals surface area (Å²) in [6.07, 6.45) is 0.166. The summed E-state index contributed by atoms with van der Waals surface area (Å²) in [7, 11) is 0. The number of nitro groups is 1. The molecular weight excluding hydrogens is 214 g/mol. The van der Waals surface area contributed by atoms with Crippen molar-refractivity contribution in [3.63, 3.8) is 0 Å². The molecule has 0 bridgehead atoms. The molecule has 80 valence electrons. The Morgan fingerprint density at radius 1 is 1.56 bits per heavy atom. The molecule has 1 aromatic carbocycles. The zero-order valence-corrected chi connectivity index (χ0v) is 7.84. The third-order valence-corrected chi connectivity index (χ3v) is 1.87. The quantitative estimate of drug-likeness (QED) is 0.446. The monoisotopic (exact) mass is 219 g/mol. The van der Waals surface area contributed by atoms with Crippen molar-refractivity contribution in [3.05, 3.63) is 38.9 Å². The maximum absolute atomic E-state index is 11.0. The van der Waals surface area contributed by atoms with Crippen molar-refractivity contribution in [2.75, 3.05) is 0 Å². The maximum Gasteiger partial charge on any atom is 0.282 e. The van der Waals surface area contributed by atoms with Crippen LogP contribution in [0.5, 0.6) is 0 Å². The first-order chi connectivity index (χ1) is 7.51. The second kappa shape index (κ2) is 4.18. The Morgan fingerprint density at radius 3 is 2.56 bits per heavy atom. The second-order valence-electron chi connectivity index (χ2n) is 2.81. The highest BCUT2D eigenvalue weighted by Crippen LogP contribution is 2.22. The van der Waals surface area contributed by atoms with Crippen LogP contribution >= 0.6 is 0 Å². The fraction of sp³-hybridized carbons (Fsp3) is 0. The van der Waals surface area contributed by atoms with E-state index in [9.17, 15) is 19.7 Å². The molecule has 0 spiro atoms. The molecule has 0 aliphatic heterocycles. The maximum atomic E-state index is 11.0. The summed E-state index contributed by atoms with van der Waals surface area (Å²) in [5.41, 5.74) is 3.49. The summed E-state index contributed by atoms with van der Waals surface area (Å²) < 4.78 is 0. The summed E-state index contributed by atoms with van der Waals surface area (Å²) in [5, 5.41) is 19.2. The van der Waals surface area contributed by atoms with E-state index in [1.807, 2.05) is 0 Å². The van der Waals surface area contributed by atoms with Crippen LogP contribution in [-0.2, 0) is 0 Å². The Balaban J connectivity index is 3.67. The molecule has 0 unspecified atom stereocenters. The van der Waals surface area contributed by atoms with Gasteiger partial charge < -0.3 is 5.73 Å². The van der Waals surface area contributed by atoms with E-state index in [2.05, 4.69) is 0 Å². The molecule has 0 saturated heterocycles. The van der Waals surface area contributed by atoms with E-state index in [0.29, 0.717) is 0 Å². The van der Waals surface area contributed by atoms with Crippen LogP contribution in [0.3, 0.4) is 0 Å². The van der Waals surface area contributed by atoms with Crippen molar-refractivity contribution in [2.45, 2.75) is 0 Å². The number of rotatable bonds is 3. The normalized spacial score (nSPS) is 9.19. The van der Waals surface area contributed by atoms with Crippen LogP contribution in [0.25, 0.3) is 0 Å². The number of nitriles is 1. The van der Waals surface area contributed by atoms with Crippen molar-refractivity contribution in [2.24, 2.45) is 5.73 Å². The van der Waals surface area contributed by atoms with Gasteiger partial charge >= 0.3 is 0 Å². The topological polar surface area (TPSA) is 127 Å². The summed E-state index contributed by atoms with van der Waals surface area (Å²) in [5.74, 6) is -0.998. The lowest BCUT2D eigenvalue weighted by Gasteiger charge is -2.02. The predicted molar refractivity (Wildman–Crippen MR) is 51.7 cm³/mol. The molecule has 7 heteroatoms. The summed E-state index contributed by atoms with van der Waals surface area (Å²) >= 11 is 0. The van der Waals surface area contributed by atoms with Crippen LogP contribution < -0.4 is 5.73 Å². The number of carbonyl (C=O) groups is 2. The van der Waals surface area contributed by atoms with Crippen LogP contribution in [-0.4, -0.2) is 17.1 Å². The fourth-order valence-electron chi connectivity index (χ4n) is 1.18. The third-order valence-electron chi connectivity index (χ3n) is 1.87. The molecule has 0 aromatic heterocycles.